The van der Waals surface area contributed by atoms with Gasteiger partial charge in [0.05, 0.1) is 16.4 Å². The summed E-state index contributed by atoms with van der Waals surface area (Å²) in [5.41, 5.74) is 1.51. The molecule has 0 bridgehead atoms. The van der Waals surface area contributed by atoms with Crippen LogP contribution in [0.3, 0.4) is 0 Å². The summed E-state index contributed by atoms with van der Waals surface area (Å²) in [6, 6.07) is 7.64. The number of imidazole rings is 1. The van der Waals surface area contributed by atoms with Gasteiger partial charge in [0.15, 0.2) is 0 Å². The molecule has 4 rings (SSSR count). The van der Waals surface area contributed by atoms with Crippen LogP contribution in [0, 0.1) is 5.41 Å². The standard InChI is InChI=1S/C20H26N4O2/c1-13(2)24-17(20(19(24)26)10-5-6-11-20)18(25)21-12-9-16-22-14-7-3-4-8-15(14)23-16/h3-4,7-8,13,17H,5-6,9-12H2,1-2H3,(H,21,25)(H,22,23). The van der Waals surface area contributed by atoms with E-state index in [-0.39, 0.29) is 23.9 Å². The van der Waals surface area contributed by atoms with Crippen molar-refractivity contribution in [1.82, 2.24) is 20.2 Å². The third-order valence-corrected chi connectivity index (χ3v) is 5.86. The average Bonchev–Trinajstić information content (AvgIpc) is 3.26. The number of carbonyl (C=O) groups is 2. The second-order valence-electron chi connectivity index (χ2n) is 7.81. The maximum atomic E-state index is 12.9. The van der Waals surface area contributed by atoms with Gasteiger partial charge in [-0.1, -0.05) is 25.0 Å². The van der Waals surface area contributed by atoms with Crippen LogP contribution in [-0.4, -0.2) is 45.3 Å². The lowest BCUT2D eigenvalue weighted by atomic mass is 9.68. The zero-order chi connectivity index (χ0) is 18.3. The molecule has 1 atom stereocenters. The van der Waals surface area contributed by atoms with Crippen LogP contribution in [0.5, 0.6) is 0 Å². The molecule has 1 unspecified atom stereocenters. The number of aromatic nitrogens is 2. The quantitative estimate of drug-likeness (QED) is 0.810. The van der Waals surface area contributed by atoms with Crippen LogP contribution in [0.1, 0.15) is 45.4 Å². The van der Waals surface area contributed by atoms with Crippen molar-refractivity contribution in [1.29, 1.82) is 0 Å². The number of amides is 2. The monoisotopic (exact) mass is 354 g/mol. The maximum absolute atomic E-state index is 12.9. The molecule has 1 saturated heterocycles. The SMILES string of the molecule is CC(C)N1C(=O)C2(CCCC2)C1C(=O)NCCc1nc2ccccc2[nH]1. The summed E-state index contributed by atoms with van der Waals surface area (Å²) in [5, 5.41) is 3.04. The summed E-state index contributed by atoms with van der Waals surface area (Å²) >= 11 is 0. The molecular formula is C20H26N4O2. The maximum Gasteiger partial charge on any atom is 0.243 e. The predicted molar refractivity (Wildman–Crippen MR) is 99.5 cm³/mol. The minimum absolute atomic E-state index is 0.0173. The molecule has 1 aliphatic carbocycles. The molecule has 2 aliphatic rings. The Morgan fingerprint density at radius 3 is 2.77 bits per heavy atom. The normalized spacial score (nSPS) is 21.6. The van der Waals surface area contributed by atoms with Crippen molar-refractivity contribution in [3.63, 3.8) is 0 Å². The second kappa shape index (κ2) is 6.41. The number of H-pyrrole nitrogens is 1. The van der Waals surface area contributed by atoms with Gasteiger partial charge in [-0.05, 0) is 38.8 Å². The first-order valence-electron chi connectivity index (χ1n) is 9.57. The van der Waals surface area contributed by atoms with E-state index in [1.807, 2.05) is 38.1 Å². The highest BCUT2D eigenvalue weighted by molar-refractivity contribution is 6.02. The van der Waals surface area contributed by atoms with E-state index in [2.05, 4.69) is 15.3 Å². The van der Waals surface area contributed by atoms with E-state index >= 15 is 0 Å². The molecule has 1 aromatic heterocycles. The Hall–Kier alpha value is -2.37. The number of fused-ring (bicyclic) bond motifs is 1. The Morgan fingerprint density at radius 1 is 1.35 bits per heavy atom. The summed E-state index contributed by atoms with van der Waals surface area (Å²) in [7, 11) is 0. The van der Waals surface area contributed by atoms with E-state index < -0.39 is 5.41 Å². The molecule has 2 N–H and O–H groups in total. The van der Waals surface area contributed by atoms with Crippen LogP contribution in [0.25, 0.3) is 11.0 Å². The summed E-state index contributed by atoms with van der Waals surface area (Å²) in [6.07, 6.45) is 4.42. The number of rotatable bonds is 5. The third-order valence-electron chi connectivity index (χ3n) is 5.86. The first-order chi connectivity index (χ1) is 12.5. The lowest BCUT2D eigenvalue weighted by molar-refractivity contribution is -0.181. The summed E-state index contributed by atoms with van der Waals surface area (Å²) in [5.74, 6) is 1.02. The molecule has 1 saturated carbocycles. The Kier molecular flexibility index (Phi) is 4.21. The zero-order valence-electron chi connectivity index (χ0n) is 15.4. The van der Waals surface area contributed by atoms with Crippen LogP contribution >= 0.6 is 0 Å². The summed E-state index contributed by atoms with van der Waals surface area (Å²) in [6.45, 7) is 4.48. The number of β-lactam (4-membered cyclic amide) rings is 1. The molecule has 1 aromatic carbocycles. The molecule has 1 aliphatic heterocycles. The zero-order valence-corrected chi connectivity index (χ0v) is 15.4. The van der Waals surface area contributed by atoms with E-state index in [0.717, 1.165) is 42.5 Å². The molecular weight excluding hydrogens is 328 g/mol. The van der Waals surface area contributed by atoms with E-state index in [1.165, 1.54) is 0 Å². The highest BCUT2D eigenvalue weighted by atomic mass is 16.2. The van der Waals surface area contributed by atoms with Crippen molar-refractivity contribution < 1.29 is 9.59 Å². The van der Waals surface area contributed by atoms with Crippen molar-refractivity contribution in [2.75, 3.05) is 6.54 Å². The number of hydrogen-bond acceptors (Lipinski definition) is 3. The second-order valence-corrected chi connectivity index (χ2v) is 7.81. The van der Waals surface area contributed by atoms with Crippen LogP contribution in [0.2, 0.25) is 0 Å². The Balaban J connectivity index is 1.41. The number of carbonyl (C=O) groups excluding carboxylic acids is 2. The fourth-order valence-corrected chi connectivity index (χ4v) is 4.62. The molecule has 26 heavy (non-hydrogen) atoms. The smallest absolute Gasteiger partial charge is 0.243 e. The van der Waals surface area contributed by atoms with Gasteiger partial charge in [0.1, 0.15) is 11.9 Å². The van der Waals surface area contributed by atoms with Gasteiger partial charge in [-0.2, -0.15) is 0 Å². The highest BCUT2D eigenvalue weighted by Gasteiger charge is 2.64. The summed E-state index contributed by atoms with van der Waals surface area (Å²) < 4.78 is 0. The summed E-state index contributed by atoms with van der Waals surface area (Å²) in [4.78, 5) is 35.1. The lowest BCUT2D eigenvalue weighted by Gasteiger charge is -2.55. The minimum atomic E-state index is -0.437. The average molecular weight is 354 g/mol. The Bertz CT molecular complexity index is 802. The number of nitrogens with one attached hydrogen (secondary N) is 2. The molecule has 2 aromatic rings. The molecule has 2 heterocycles. The molecule has 6 heteroatoms. The number of hydrogen-bond donors (Lipinski definition) is 2. The Labute approximate surface area is 153 Å². The van der Waals surface area contributed by atoms with Crippen molar-refractivity contribution in [2.24, 2.45) is 5.41 Å². The minimum Gasteiger partial charge on any atom is -0.354 e. The fourth-order valence-electron chi connectivity index (χ4n) is 4.62. The Morgan fingerprint density at radius 2 is 2.08 bits per heavy atom. The van der Waals surface area contributed by atoms with E-state index in [0.29, 0.717) is 13.0 Å². The largest absolute Gasteiger partial charge is 0.354 e. The van der Waals surface area contributed by atoms with Crippen molar-refractivity contribution >= 4 is 22.8 Å². The van der Waals surface area contributed by atoms with Gasteiger partial charge >= 0.3 is 0 Å². The van der Waals surface area contributed by atoms with Crippen molar-refractivity contribution in [3.05, 3.63) is 30.1 Å². The molecule has 138 valence electrons. The third kappa shape index (κ3) is 2.59. The van der Waals surface area contributed by atoms with Crippen molar-refractivity contribution in [2.45, 2.75) is 58.0 Å². The molecule has 2 fully saturated rings. The molecule has 0 radical (unpaired) electrons. The van der Waals surface area contributed by atoms with Gasteiger partial charge in [0.2, 0.25) is 11.8 Å². The number of likely N-dealkylation sites (tertiary alicyclic amines) is 1. The van der Waals surface area contributed by atoms with E-state index in [9.17, 15) is 9.59 Å². The topological polar surface area (TPSA) is 78.1 Å². The van der Waals surface area contributed by atoms with Crippen LogP contribution in [0.15, 0.2) is 24.3 Å². The lowest BCUT2D eigenvalue weighted by Crippen LogP contribution is -2.74. The number of aromatic amines is 1. The van der Waals surface area contributed by atoms with Gasteiger partial charge in [-0.25, -0.2) is 4.98 Å². The molecule has 2 amide bonds. The van der Waals surface area contributed by atoms with Crippen LogP contribution < -0.4 is 5.32 Å². The van der Waals surface area contributed by atoms with Crippen molar-refractivity contribution in [3.8, 4) is 0 Å². The van der Waals surface area contributed by atoms with Crippen LogP contribution in [-0.2, 0) is 16.0 Å². The van der Waals surface area contributed by atoms with E-state index in [4.69, 9.17) is 0 Å². The molecule has 1 spiro atoms. The molecule has 6 nitrogen and oxygen atoms in total. The fraction of sp³-hybridized carbons (Fsp3) is 0.550. The van der Waals surface area contributed by atoms with Gasteiger partial charge in [0.25, 0.3) is 0 Å². The van der Waals surface area contributed by atoms with Crippen LogP contribution in [0.4, 0.5) is 0 Å². The van der Waals surface area contributed by atoms with Gasteiger partial charge < -0.3 is 15.2 Å². The predicted octanol–water partition coefficient (Wildman–Crippen LogP) is 2.40. The van der Waals surface area contributed by atoms with Gasteiger partial charge in [-0.3, -0.25) is 9.59 Å². The van der Waals surface area contributed by atoms with Gasteiger partial charge in [-0.15, -0.1) is 0 Å². The number of para-hydroxylation sites is 2. The van der Waals surface area contributed by atoms with E-state index in [1.54, 1.807) is 4.90 Å². The first kappa shape index (κ1) is 17.1. The number of benzene rings is 1. The first-order valence-corrected chi connectivity index (χ1v) is 9.57. The van der Waals surface area contributed by atoms with Gasteiger partial charge in [0, 0.05) is 19.0 Å². The highest BCUT2D eigenvalue weighted by Crippen LogP contribution is 2.52. The number of nitrogens with zero attached hydrogens (tertiary/aromatic N) is 2.